The molecular weight excluding hydrogens is 418 g/mol. The first kappa shape index (κ1) is 21.5. The summed E-state index contributed by atoms with van der Waals surface area (Å²) in [5, 5.41) is 0. The maximum atomic E-state index is 12.9. The zero-order chi connectivity index (χ0) is 22.0. The SMILES string of the molecule is CN(C)C1CCCN(C(=O)c2ccc(NS(=O)(=O)c3ccc4c(c3)OCCO4)cc2)C1. The van der Waals surface area contributed by atoms with Crippen LogP contribution in [0.25, 0.3) is 0 Å². The van der Waals surface area contributed by atoms with E-state index in [9.17, 15) is 13.2 Å². The highest BCUT2D eigenvalue weighted by molar-refractivity contribution is 7.92. The average molecular weight is 446 g/mol. The van der Waals surface area contributed by atoms with E-state index in [1.807, 2.05) is 19.0 Å². The summed E-state index contributed by atoms with van der Waals surface area (Å²) in [4.78, 5) is 17.0. The van der Waals surface area contributed by atoms with E-state index in [0.29, 0.717) is 48.6 Å². The summed E-state index contributed by atoms with van der Waals surface area (Å²) in [7, 11) is 0.254. The standard InChI is InChI=1S/C22H27N3O5S/c1-24(2)18-4-3-11-25(15-18)22(26)16-5-7-17(8-6-16)23-31(27,28)19-9-10-20-21(14-19)30-13-12-29-20/h5-10,14,18,23H,3-4,11-13,15H2,1-2H3. The molecule has 31 heavy (non-hydrogen) atoms. The molecule has 2 aliphatic rings. The van der Waals surface area contributed by atoms with Crippen LogP contribution in [0.2, 0.25) is 0 Å². The molecule has 1 saturated heterocycles. The van der Waals surface area contributed by atoms with E-state index in [0.717, 1.165) is 19.4 Å². The van der Waals surface area contributed by atoms with Crippen LogP contribution in [0.4, 0.5) is 5.69 Å². The molecule has 0 aliphatic carbocycles. The van der Waals surface area contributed by atoms with Gasteiger partial charge in [0.05, 0.1) is 4.90 Å². The Morgan fingerprint density at radius 2 is 1.77 bits per heavy atom. The molecule has 0 spiro atoms. The van der Waals surface area contributed by atoms with Gasteiger partial charge in [-0.25, -0.2) is 8.42 Å². The number of likely N-dealkylation sites (tertiary alicyclic amines) is 1. The maximum absolute atomic E-state index is 12.9. The fraction of sp³-hybridized carbons (Fsp3) is 0.409. The molecule has 1 amide bonds. The summed E-state index contributed by atoms with van der Waals surface area (Å²) in [6.45, 7) is 2.26. The molecule has 166 valence electrons. The molecule has 0 radical (unpaired) electrons. The van der Waals surface area contributed by atoms with Crippen molar-refractivity contribution in [3.63, 3.8) is 0 Å². The number of nitrogens with one attached hydrogen (secondary N) is 1. The second-order valence-corrected chi connectivity index (χ2v) is 9.68. The van der Waals surface area contributed by atoms with Gasteiger partial charge in [-0.3, -0.25) is 9.52 Å². The molecule has 0 aromatic heterocycles. The third-order valence-corrected chi connectivity index (χ3v) is 7.00. The van der Waals surface area contributed by atoms with Gasteiger partial charge in [-0.1, -0.05) is 0 Å². The zero-order valence-corrected chi connectivity index (χ0v) is 18.5. The molecular formula is C22H27N3O5S. The molecule has 0 saturated carbocycles. The van der Waals surface area contributed by atoms with Gasteiger partial charge in [0.15, 0.2) is 11.5 Å². The van der Waals surface area contributed by atoms with Crippen molar-refractivity contribution in [2.45, 2.75) is 23.8 Å². The van der Waals surface area contributed by atoms with Gasteiger partial charge in [-0.05, 0) is 63.3 Å². The summed E-state index contributed by atoms with van der Waals surface area (Å²) >= 11 is 0. The number of hydrogen-bond acceptors (Lipinski definition) is 6. The predicted molar refractivity (Wildman–Crippen MR) is 117 cm³/mol. The number of piperidine rings is 1. The smallest absolute Gasteiger partial charge is 0.262 e. The van der Waals surface area contributed by atoms with Crippen LogP contribution in [0.3, 0.4) is 0 Å². The zero-order valence-electron chi connectivity index (χ0n) is 17.7. The van der Waals surface area contributed by atoms with Crippen molar-refractivity contribution in [3.8, 4) is 11.5 Å². The number of hydrogen-bond donors (Lipinski definition) is 1. The number of fused-ring (bicyclic) bond motifs is 1. The number of benzene rings is 2. The van der Waals surface area contributed by atoms with Crippen LogP contribution in [0.5, 0.6) is 11.5 Å². The van der Waals surface area contributed by atoms with E-state index in [4.69, 9.17) is 9.47 Å². The largest absolute Gasteiger partial charge is 0.486 e. The number of ether oxygens (including phenoxy) is 2. The first-order chi connectivity index (χ1) is 14.8. The van der Waals surface area contributed by atoms with E-state index in [1.165, 1.54) is 12.1 Å². The summed E-state index contributed by atoms with van der Waals surface area (Å²) in [5.74, 6) is 0.905. The second kappa shape index (κ2) is 8.76. The van der Waals surface area contributed by atoms with Crippen LogP contribution in [-0.2, 0) is 10.0 Å². The molecule has 4 rings (SSSR count). The molecule has 1 unspecified atom stereocenters. The minimum atomic E-state index is -3.80. The lowest BCUT2D eigenvalue weighted by atomic mass is 10.0. The highest BCUT2D eigenvalue weighted by Gasteiger charge is 2.26. The molecule has 0 bridgehead atoms. The summed E-state index contributed by atoms with van der Waals surface area (Å²) in [5.41, 5.74) is 0.929. The van der Waals surface area contributed by atoms with Crippen molar-refractivity contribution >= 4 is 21.6 Å². The first-order valence-electron chi connectivity index (χ1n) is 10.3. The Labute approximate surface area is 182 Å². The lowest BCUT2D eigenvalue weighted by molar-refractivity contribution is 0.0635. The fourth-order valence-electron chi connectivity index (χ4n) is 3.83. The highest BCUT2D eigenvalue weighted by Crippen LogP contribution is 2.32. The summed E-state index contributed by atoms with van der Waals surface area (Å²) < 4.78 is 39.0. The average Bonchev–Trinajstić information content (AvgIpc) is 2.78. The topological polar surface area (TPSA) is 88.2 Å². The molecule has 1 atom stereocenters. The van der Waals surface area contributed by atoms with Crippen LogP contribution in [0, 0.1) is 0 Å². The Hall–Kier alpha value is -2.78. The van der Waals surface area contributed by atoms with Gasteiger partial charge in [0.1, 0.15) is 13.2 Å². The summed E-state index contributed by atoms with van der Waals surface area (Å²) in [6.07, 6.45) is 2.05. The molecule has 2 heterocycles. The molecule has 8 nitrogen and oxygen atoms in total. The van der Waals surface area contributed by atoms with Crippen LogP contribution in [-0.4, -0.2) is 70.6 Å². The second-order valence-electron chi connectivity index (χ2n) is 8.00. The van der Waals surface area contributed by atoms with Crippen molar-refractivity contribution in [2.24, 2.45) is 0 Å². The Balaban J connectivity index is 1.45. The Morgan fingerprint density at radius 1 is 1.06 bits per heavy atom. The number of carbonyl (C=O) groups is 1. The molecule has 9 heteroatoms. The molecule has 1 N–H and O–H groups in total. The Kier molecular flexibility index (Phi) is 6.06. The van der Waals surface area contributed by atoms with Crippen molar-refractivity contribution in [2.75, 3.05) is 45.1 Å². The minimum absolute atomic E-state index is 0.0345. The van der Waals surface area contributed by atoms with Crippen LogP contribution < -0.4 is 14.2 Å². The van der Waals surface area contributed by atoms with Crippen LogP contribution >= 0.6 is 0 Å². The molecule has 1 fully saturated rings. The molecule has 2 aromatic rings. The van der Waals surface area contributed by atoms with Gasteiger partial charge >= 0.3 is 0 Å². The van der Waals surface area contributed by atoms with E-state index in [1.54, 1.807) is 30.3 Å². The monoisotopic (exact) mass is 445 g/mol. The number of sulfonamides is 1. The number of likely N-dealkylation sites (N-methyl/N-ethyl adjacent to an activating group) is 1. The Morgan fingerprint density at radius 3 is 2.48 bits per heavy atom. The predicted octanol–water partition coefficient (Wildman–Crippen LogP) is 2.42. The van der Waals surface area contributed by atoms with Crippen molar-refractivity contribution in [3.05, 3.63) is 48.0 Å². The van der Waals surface area contributed by atoms with E-state index < -0.39 is 10.0 Å². The quantitative estimate of drug-likeness (QED) is 0.761. The number of nitrogens with zero attached hydrogens (tertiary/aromatic N) is 2. The maximum Gasteiger partial charge on any atom is 0.262 e. The van der Waals surface area contributed by atoms with Gasteiger partial charge in [-0.15, -0.1) is 0 Å². The third-order valence-electron chi connectivity index (χ3n) is 5.62. The first-order valence-corrected chi connectivity index (χ1v) is 11.8. The molecule has 2 aromatic carbocycles. The third kappa shape index (κ3) is 4.77. The number of anilines is 1. The van der Waals surface area contributed by atoms with E-state index in [2.05, 4.69) is 9.62 Å². The number of carbonyl (C=O) groups excluding carboxylic acids is 1. The highest BCUT2D eigenvalue weighted by atomic mass is 32.2. The van der Waals surface area contributed by atoms with Gasteiger partial charge in [0.2, 0.25) is 0 Å². The van der Waals surface area contributed by atoms with Crippen molar-refractivity contribution in [1.82, 2.24) is 9.80 Å². The van der Waals surface area contributed by atoms with Crippen molar-refractivity contribution in [1.29, 1.82) is 0 Å². The van der Waals surface area contributed by atoms with Gasteiger partial charge in [0, 0.05) is 36.4 Å². The fourth-order valence-corrected chi connectivity index (χ4v) is 4.90. The summed E-state index contributed by atoms with van der Waals surface area (Å²) in [6, 6.07) is 11.4. The van der Waals surface area contributed by atoms with Crippen LogP contribution in [0.1, 0.15) is 23.2 Å². The molecule has 2 aliphatic heterocycles. The number of amides is 1. The minimum Gasteiger partial charge on any atom is -0.486 e. The lowest BCUT2D eigenvalue weighted by Crippen LogP contribution is -2.47. The number of rotatable bonds is 5. The van der Waals surface area contributed by atoms with Crippen LogP contribution in [0.15, 0.2) is 47.4 Å². The van der Waals surface area contributed by atoms with Gasteiger partial charge in [-0.2, -0.15) is 0 Å². The van der Waals surface area contributed by atoms with Gasteiger partial charge < -0.3 is 19.3 Å². The van der Waals surface area contributed by atoms with E-state index >= 15 is 0 Å². The Bertz CT molecular complexity index is 1050. The van der Waals surface area contributed by atoms with E-state index in [-0.39, 0.29) is 10.8 Å². The van der Waals surface area contributed by atoms with Crippen molar-refractivity contribution < 1.29 is 22.7 Å². The normalized spacial score (nSPS) is 18.7. The lowest BCUT2D eigenvalue weighted by Gasteiger charge is -2.36. The van der Waals surface area contributed by atoms with Gasteiger partial charge in [0.25, 0.3) is 15.9 Å².